The Kier molecular flexibility index (Phi) is 3.97. The fraction of sp³-hybridized carbons (Fsp3) is 0.294. The van der Waals surface area contributed by atoms with Crippen molar-refractivity contribution >= 4 is 11.6 Å². The van der Waals surface area contributed by atoms with E-state index in [1.54, 1.807) is 17.3 Å². The van der Waals surface area contributed by atoms with Crippen LogP contribution in [-0.2, 0) is 11.2 Å². The Bertz CT molecular complexity index is 627. The first kappa shape index (κ1) is 13.8. The molecule has 0 spiro atoms. The topological polar surface area (TPSA) is 45.2 Å². The molecule has 0 saturated heterocycles. The zero-order valence-electron chi connectivity index (χ0n) is 12.1. The number of pyridine rings is 1. The van der Waals surface area contributed by atoms with Crippen molar-refractivity contribution in [1.29, 1.82) is 0 Å². The van der Waals surface area contributed by atoms with E-state index in [1.807, 2.05) is 37.3 Å². The molecule has 0 fully saturated rings. The van der Waals surface area contributed by atoms with E-state index in [0.717, 1.165) is 24.2 Å². The van der Waals surface area contributed by atoms with E-state index < -0.39 is 0 Å². The summed E-state index contributed by atoms with van der Waals surface area (Å²) in [5.74, 6) is 0.0934. The Morgan fingerprint density at radius 1 is 1.29 bits per heavy atom. The number of likely N-dealkylation sites (N-methyl/N-ethyl adjacent to an activating group) is 1. The lowest BCUT2D eigenvalue weighted by Crippen LogP contribution is -2.44. The third-order valence-electron chi connectivity index (χ3n) is 3.91. The second-order valence-corrected chi connectivity index (χ2v) is 5.12. The number of carbonyl (C=O) groups excluding carboxylic acids is 1. The summed E-state index contributed by atoms with van der Waals surface area (Å²) in [7, 11) is 0. The van der Waals surface area contributed by atoms with E-state index >= 15 is 0 Å². The minimum Gasteiger partial charge on any atom is -0.311 e. The van der Waals surface area contributed by atoms with Crippen LogP contribution in [0.2, 0.25) is 0 Å². The lowest BCUT2D eigenvalue weighted by Gasteiger charge is -2.31. The van der Waals surface area contributed by atoms with Crippen molar-refractivity contribution in [2.45, 2.75) is 19.4 Å². The van der Waals surface area contributed by atoms with E-state index in [2.05, 4.69) is 16.4 Å². The second-order valence-electron chi connectivity index (χ2n) is 5.12. The van der Waals surface area contributed by atoms with Crippen molar-refractivity contribution in [3.05, 3.63) is 59.9 Å². The van der Waals surface area contributed by atoms with Crippen molar-refractivity contribution in [2.24, 2.45) is 0 Å². The standard InChI is InChI=1S/C17H19N3O/c1-2-20(14-8-10-18-11-9-14)17(21)16-15-6-4-3-5-13(15)7-12-19-16/h3-6,8-11,16,19H,2,7,12H2,1H3. The summed E-state index contributed by atoms with van der Waals surface area (Å²) in [6.45, 7) is 3.47. The number of nitrogens with one attached hydrogen (secondary N) is 1. The SMILES string of the molecule is CCN(C(=O)C1NCCc2ccccc21)c1ccncc1. The summed E-state index contributed by atoms with van der Waals surface area (Å²) in [6, 6.07) is 11.7. The van der Waals surface area contributed by atoms with Crippen LogP contribution in [-0.4, -0.2) is 24.0 Å². The van der Waals surface area contributed by atoms with E-state index in [9.17, 15) is 4.79 Å². The number of fused-ring (bicyclic) bond motifs is 1. The lowest BCUT2D eigenvalue weighted by molar-refractivity contribution is -0.120. The number of carbonyl (C=O) groups is 1. The molecule has 1 amide bonds. The Morgan fingerprint density at radius 2 is 2.05 bits per heavy atom. The highest BCUT2D eigenvalue weighted by Gasteiger charge is 2.29. The molecule has 2 heterocycles. The Morgan fingerprint density at radius 3 is 2.81 bits per heavy atom. The van der Waals surface area contributed by atoms with Crippen LogP contribution in [0.25, 0.3) is 0 Å². The summed E-state index contributed by atoms with van der Waals surface area (Å²) >= 11 is 0. The van der Waals surface area contributed by atoms with Gasteiger partial charge >= 0.3 is 0 Å². The number of hydrogen-bond acceptors (Lipinski definition) is 3. The predicted molar refractivity (Wildman–Crippen MR) is 83.2 cm³/mol. The largest absolute Gasteiger partial charge is 0.311 e. The van der Waals surface area contributed by atoms with Crippen LogP contribution in [0, 0.1) is 0 Å². The molecule has 4 heteroatoms. The van der Waals surface area contributed by atoms with Gasteiger partial charge in [0, 0.05) is 31.2 Å². The van der Waals surface area contributed by atoms with Gasteiger partial charge in [0.2, 0.25) is 5.91 Å². The summed E-state index contributed by atoms with van der Waals surface area (Å²) < 4.78 is 0. The second kappa shape index (κ2) is 6.06. The maximum atomic E-state index is 12.9. The average Bonchev–Trinajstić information content (AvgIpc) is 2.56. The molecule has 0 saturated carbocycles. The number of benzene rings is 1. The summed E-state index contributed by atoms with van der Waals surface area (Å²) in [6.07, 6.45) is 4.41. The molecular weight excluding hydrogens is 262 g/mol. The number of nitrogens with zero attached hydrogens (tertiary/aromatic N) is 2. The van der Waals surface area contributed by atoms with Gasteiger partial charge in [0.1, 0.15) is 6.04 Å². The Hall–Kier alpha value is -2.20. The molecule has 4 nitrogen and oxygen atoms in total. The van der Waals surface area contributed by atoms with Crippen LogP contribution in [0.3, 0.4) is 0 Å². The minimum atomic E-state index is -0.261. The molecular formula is C17H19N3O. The number of amides is 1. The molecule has 21 heavy (non-hydrogen) atoms. The van der Waals surface area contributed by atoms with Gasteiger partial charge in [-0.05, 0) is 36.6 Å². The van der Waals surface area contributed by atoms with Crippen molar-refractivity contribution in [3.8, 4) is 0 Å². The summed E-state index contributed by atoms with van der Waals surface area (Å²) in [4.78, 5) is 18.8. The molecule has 108 valence electrons. The van der Waals surface area contributed by atoms with Crippen molar-refractivity contribution in [3.63, 3.8) is 0 Å². The number of hydrogen-bond donors (Lipinski definition) is 1. The molecule has 1 unspecified atom stereocenters. The molecule has 1 atom stereocenters. The Labute approximate surface area is 124 Å². The highest BCUT2D eigenvalue weighted by atomic mass is 16.2. The monoisotopic (exact) mass is 281 g/mol. The first-order chi connectivity index (χ1) is 10.3. The maximum absolute atomic E-state index is 12.9. The van der Waals surface area contributed by atoms with Crippen LogP contribution in [0.4, 0.5) is 5.69 Å². The summed E-state index contributed by atoms with van der Waals surface area (Å²) in [5.41, 5.74) is 3.25. The van der Waals surface area contributed by atoms with Gasteiger partial charge in [0.15, 0.2) is 0 Å². The van der Waals surface area contributed by atoms with Crippen LogP contribution in [0.1, 0.15) is 24.1 Å². The van der Waals surface area contributed by atoms with Crippen LogP contribution in [0.15, 0.2) is 48.8 Å². The van der Waals surface area contributed by atoms with Crippen LogP contribution < -0.4 is 10.2 Å². The van der Waals surface area contributed by atoms with Crippen LogP contribution in [0.5, 0.6) is 0 Å². The quantitative estimate of drug-likeness (QED) is 0.939. The van der Waals surface area contributed by atoms with Gasteiger partial charge in [0.05, 0.1) is 0 Å². The van der Waals surface area contributed by atoms with E-state index in [4.69, 9.17) is 0 Å². The van der Waals surface area contributed by atoms with Gasteiger partial charge in [-0.2, -0.15) is 0 Å². The van der Waals surface area contributed by atoms with E-state index in [-0.39, 0.29) is 11.9 Å². The fourth-order valence-electron chi connectivity index (χ4n) is 2.87. The first-order valence-electron chi connectivity index (χ1n) is 7.34. The van der Waals surface area contributed by atoms with Gasteiger partial charge < -0.3 is 10.2 Å². The Balaban J connectivity index is 1.92. The number of rotatable bonds is 3. The summed E-state index contributed by atoms with van der Waals surface area (Å²) in [5, 5.41) is 3.35. The van der Waals surface area contributed by atoms with E-state index in [1.165, 1.54) is 5.56 Å². The third kappa shape index (κ3) is 2.67. The smallest absolute Gasteiger partial charge is 0.248 e. The number of anilines is 1. The van der Waals surface area contributed by atoms with E-state index in [0.29, 0.717) is 6.54 Å². The molecule has 0 bridgehead atoms. The normalized spacial score (nSPS) is 17.1. The number of aromatic nitrogens is 1. The van der Waals surface area contributed by atoms with Gasteiger partial charge in [-0.1, -0.05) is 24.3 Å². The van der Waals surface area contributed by atoms with Crippen LogP contribution >= 0.6 is 0 Å². The molecule has 1 aliphatic heterocycles. The van der Waals surface area contributed by atoms with Crippen molar-refractivity contribution in [2.75, 3.05) is 18.0 Å². The van der Waals surface area contributed by atoms with Crippen molar-refractivity contribution < 1.29 is 4.79 Å². The fourth-order valence-corrected chi connectivity index (χ4v) is 2.87. The highest BCUT2D eigenvalue weighted by Crippen LogP contribution is 2.26. The van der Waals surface area contributed by atoms with Gasteiger partial charge in [-0.25, -0.2) is 0 Å². The molecule has 1 aromatic heterocycles. The van der Waals surface area contributed by atoms with Gasteiger partial charge in [0.25, 0.3) is 0 Å². The first-order valence-corrected chi connectivity index (χ1v) is 7.34. The van der Waals surface area contributed by atoms with Gasteiger partial charge in [-0.3, -0.25) is 9.78 Å². The average molecular weight is 281 g/mol. The molecule has 0 radical (unpaired) electrons. The highest BCUT2D eigenvalue weighted by molar-refractivity contribution is 5.98. The third-order valence-corrected chi connectivity index (χ3v) is 3.91. The van der Waals surface area contributed by atoms with Gasteiger partial charge in [-0.15, -0.1) is 0 Å². The molecule has 2 aromatic rings. The molecule has 1 aliphatic rings. The van der Waals surface area contributed by atoms with Crippen molar-refractivity contribution in [1.82, 2.24) is 10.3 Å². The minimum absolute atomic E-state index is 0.0934. The molecule has 1 aromatic carbocycles. The lowest BCUT2D eigenvalue weighted by atomic mass is 9.93. The zero-order chi connectivity index (χ0) is 14.7. The predicted octanol–water partition coefficient (Wildman–Crippen LogP) is 2.32. The molecule has 0 aliphatic carbocycles. The zero-order valence-corrected chi connectivity index (χ0v) is 12.1. The maximum Gasteiger partial charge on any atom is 0.248 e. The molecule has 1 N–H and O–H groups in total. The molecule has 3 rings (SSSR count).